The lowest BCUT2D eigenvalue weighted by molar-refractivity contribution is -0.138. The van der Waals surface area contributed by atoms with Crippen LogP contribution in [0.3, 0.4) is 0 Å². The lowest BCUT2D eigenvalue weighted by Crippen LogP contribution is -2.14. The summed E-state index contributed by atoms with van der Waals surface area (Å²) in [5, 5.41) is 9.30. The number of aliphatic carboxylic acids is 1. The monoisotopic (exact) mass is 274 g/mol. The zero-order valence-electron chi connectivity index (χ0n) is 10.2. The molecule has 1 atom stereocenters. The van der Waals surface area contributed by atoms with Crippen LogP contribution in [0.2, 0.25) is 0 Å². The normalized spacial score (nSPS) is 12.0. The average Bonchev–Trinajstić information content (AvgIpc) is 2.42. The molecule has 2 aromatic rings. The molecular weight excluding hydrogens is 260 g/mol. The van der Waals surface area contributed by atoms with E-state index in [1.54, 1.807) is 12.3 Å². The van der Waals surface area contributed by atoms with Gasteiger partial charge in [-0.25, -0.2) is 4.98 Å². The fourth-order valence-electron chi connectivity index (χ4n) is 1.65. The minimum Gasteiger partial charge on any atom is -0.481 e. The van der Waals surface area contributed by atoms with Crippen molar-refractivity contribution in [2.75, 3.05) is 11.5 Å². The molecule has 1 aromatic heterocycles. The van der Waals surface area contributed by atoms with E-state index in [9.17, 15) is 9.90 Å². The van der Waals surface area contributed by atoms with Crippen LogP contribution in [0.4, 0.5) is 5.82 Å². The molecule has 1 aromatic carbocycles. The molecule has 0 fully saturated rings. The van der Waals surface area contributed by atoms with E-state index in [-0.39, 0.29) is 0 Å². The summed E-state index contributed by atoms with van der Waals surface area (Å²) in [6.07, 6.45) is 1.66. The van der Waals surface area contributed by atoms with E-state index in [2.05, 4.69) is 4.98 Å². The standard InChI is InChI=1S/C14H14N2O2S/c15-13-7-6-11(8-16-13)19-9-12(14(17)18)10-4-2-1-3-5-10/h1-8,12H,9H2,(H2,15,16)(H,17,18). The Morgan fingerprint density at radius 1 is 1.26 bits per heavy atom. The number of nitrogens with two attached hydrogens (primary N) is 1. The van der Waals surface area contributed by atoms with Crippen LogP contribution in [0.15, 0.2) is 53.6 Å². The van der Waals surface area contributed by atoms with Gasteiger partial charge in [0.05, 0.1) is 5.92 Å². The van der Waals surface area contributed by atoms with E-state index in [0.717, 1.165) is 10.5 Å². The summed E-state index contributed by atoms with van der Waals surface area (Å²) in [6, 6.07) is 12.8. The second kappa shape index (κ2) is 6.24. The number of carboxylic acids is 1. The van der Waals surface area contributed by atoms with Gasteiger partial charge in [-0.2, -0.15) is 0 Å². The van der Waals surface area contributed by atoms with Gasteiger partial charge in [-0.15, -0.1) is 11.8 Å². The number of rotatable bonds is 5. The maximum atomic E-state index is 11.3. The molecule has 0 aliphatic heterocycles. The number of nitrogens with zero attached hydrogens (tertiary/aromatic N) is 1. The molecule has 0 saturated carbocycles. The number of anilines is 1. The maximum Gasteiger partial charge on any atom is 0.311 e. The lowest BCUT2D eigenvalue weighted by atomic mass is 10.0. The van der Waals surface area contributed by atoms with E-state index in [0.29, 0.717) is 11.6 Å². The van der Waals surface area contributed by atoms with Crippen molar-refractivity contribution in [3.63, 3.8) is 0 Å². The van der Waals surface area contributed by atoms with Gasteiger partial charge < -0.3 is 10.8 Å². The number of aromatic nitrogens is 1. The van der Waals surface area contributed by atoms with Crippen molar-refractivity contribution in [2.24, 2.45) is 0 Å². The number of carbonyl (C=O) groups is 1. The average molecular weight is 274 g/mol. The Hall–Kier alpha value is -2.01. The van der Waals surface area contributed by atoms with Gasteiger partial charge in [0, 0.05) is 16.8 Å². The topological polar surface area (TPSA) is 76.2 Å². The van der Waals surface area contributed by atoms with Crippen LogP contribution in [0.1, 0.15) is 11.5 Å². The van der Waals surface area contributed by atoms with Crippen LogP contribution < -0.4 is 5.73 Å². The highest BCUT2D eigenvalue weighted by Gasteiger charge is 2.19. The molecule has 1 unspecified atom stereocenters. The molecular formula is C14H14N2O2S. The van der Waals surface area contributed by atoms with Crippen LogP contribution in [-0.2, 0) is 4.79 Å². The summed E-state index contributed by atoms with van der Waals surface area (Å²) in [5.74, 6) is -0.418. The van der Waals surface area contributed by atoms with Crippen LogP contribution in [0.5, 0.6) is 0 Å². The SMILES string of the molecule is Nc1ccc(SCC(C(=O)O)c2ccccc2)cn1. The fraction of sp³-hybridized carbons (Fsp3) is 0.143. The van der Waals surface area contributed by atoms with E-state index < -0.39 is 11.9 Å². The summed E-state index contributed by atoms with van der Waals surface area (Å²) in [6.45, 7) is 0. The highest BCUT2D eigenvalue weighted by atomic mass is 32.2. The molecule has 0 amide bonds. The van der Waals surface area contributed by atoms with Crippen molar-refractivity contribution >= 4 is 23.5 Å². The van der Waals surface area contributed by atoms with Crippen molar-refractivity contribution in [2.45, 2.75) is 10.8 Å². The van der Waals surface area contributed by atoms with Crippen LogP contribution in [-0.4, -0.2) is 21.8 Å². The van der Waals surface area contributed by atoms with Gasteiger partial charge in [0.15, 0.2) is 0 Å². The Bertz CT molecular complexity index is 543. The Morgan fingerprint density at radius 2 is 2.00 bits per heavy atom. The number of hydrogen-bond acceptors (Lipinski definition) is 4. The summed E-state index contributed by atoms with van der Waals surface area (Å²) in [4.78, 5) is 16.2. The quantitative estimate of drug-likeness (QED) is 0.820. The third-order valence-electron chi connectivity index (χ3n) is 2.68. The second-order valence-corrected chi connectivity index (χ2v) is 5.12. The Labute approximate surface area is 115 Å². The van der Waals surface area contributed by atoms with E-state index in [4.69, 9.17) is 5.73 Å². The smallest absolute Gasteiger partial charge is 0.311 e. The lowest BCUT2D eigenvalue weighted by Gasteiger charge is -2.12. The number of carboxylic acid groups (broad SMARTS) is 1. The first-order chi connectivity index (χ1) is 9.16. The van der Waals surface area contributed by atoms with Crippen molar-refractivity contribution in [3.8, 4) is 0 Å². The van der Waals surface area contributed by atoms with E-state index in [1.165, 1.54) is 11.8 Å². The molecule has 3 N–H and O–H groups in total. The third-order valence-corrected chi connectivity index (χ3v) is 3.75. The molecule has 19 heavy (non-hydrogen) atoms. The minimum atomic E-state index is -0.817. The summed E-state index contributed by atoms with van der Waals surface area (Å²) in [5.41, 5.74) is 6.32. The fourth-order valence-corrected chi connectivity index (χ4v) is 2.64. The Balaban J connectivity index is 2.06. The first-order valence-corrected chi connectivity index (χ1v) is 6.77. The summed E-state index contributed by atoms with van der Waals surface area (Å²) >= 11 is 1.46. The van der Waals surface area contributed by atoms with Crippen LogP contribution in [0.25, 0.3) is 0 Å². The van der Waals surface area contributed by atoms with Crippen molar-refractivity contribution in [1.82, 2.24) is 4.98 Å². The Kier molecular flexibility index (Phi) is 4.41. The molecule has 0 spiro atoms. The number of benzene rings is 1. The van der Waals surface area contributed by atoms with Crippen molar-refractivity contribution in [3.05, 3.63) is 54.2 Å². The van der Waals surface area contributed by atoms with Crippen LogP contribution in [0, 0.1) is 0 Å². The van der Waals surface area contributed by atoms with Gasteiger partial charge in [-0.3, -0.25) is 4.79 Å². The van der Waals surface area contributed by atoms with E-state index in [1.807, 2.05) is 36.4 Å². The molecule has 4 nitrogen and oxygen atoms in total. The molecule has 0 aliphatic carbocycles. The predicted octanol–water partition coefficient (Wildman–Crippen LogP) is 2.62. The van der Waals surface area contributed by atoms with Crippen LogP contribution >= 0.6 is 11.8 Å². The van der Waals surface area contributed by atoms with Gasteiger partial charge in [0.25, 0.3) is 0 Å². The minimum absolute atomic E-state index is 0.460. The molecule has 0 radical (unpaired) electrons. The highest BCUT2D eigenvalue weighted by molar-refractivity contribution is 7.99. The number of thioether (sulfide) groups is 1. The molecule has 5 heteroatoms. The van der Waals surface area contributed by atoms with Crippen molar-refractivity contribution < 1.29 is 9.90 Å². The summed E-state index contributed by atoms with van der Waals surface area (Å²) < 4.78 is 0. The molecule has 98 valence electrons. The zero-order valence-corrected chi connectivity index (χ0v) is 11.0. The first-order valence-electron chi connectivity index (χ1n) is 5.79. The largest absolute Gasteiger partial charge is 0.481 e. The third kappa shape index (κ3) is 3.72. The molecule has 0 aliphatic rings. The van der Waals surface area contributed by atoms with Gasteiger partial charge in [-0.05, 0) is 17.7 Å². The van der Waals surface area contributed by atoms with Gasteiger partial charge in [0.2, 0.25) is 0 Å². The van der Waals surface area contributed by atoms with Crippen molar-refractivity contribution in [1.29, 1.82) is 0 Å². The molecule has 2 rings (SSSR count). The molecule has 0 saturated heterocycles. The first kappa shape index (κ1) is 13.4. The summed E-state index contributed by atoms with van der Waals surface area (Å²) in [7, 11) is 0. The van der Waals surface area contributed by atoms with Gasteiger partial charge in [-0.1, -0.05) is 30.3 Å². The number of hydrogen-bond donors (Lipinski definition) is 2. The highest BCUT2D eigenvalue weighted by Crippen LogP contribution is 2.26. The van der Waals surface area contributed by atoms with E-state index >= 15 is 0 Å². The predicted molar refractivity (Wildman–Crippen MR) is 76.2 cm³/mol. The number of nitrogen functional groups attached to an aromatic ring is 1. The zero-order chi connectivity index (χ0) is 13.7. The second-order valence-electron chi connectivity index (χ2n) is 4.03. The molecule has 1 heterocycles. The number of pyridine rings is 1. The maximum absolute atomic E-state index is 11.3. The Morgan fingerprint density at radius 3 is 2.58 bits per heavy atom. The van der Waals surface area contributed by atoms with Gasteiger partial charge >= 0.3 is 5.97 Å². The molecule has 0 bridgehead atoms. The van der Waals surface area contributed by atoms with Gasteiger partial charge in [0.1, 0.15) is 5.82 Å².